The fourth-order valence-electron chi connectivity index (χ4n) is 2.20. The van der Waals surface area contributed by atoms with Gasteiger partial charge in [-0.3, -0.25) is 0 Å². The Kier molecular flexibility index (Phi) is 6.38. The van der Waals surface area contributed by atoms with Crippen LogP contribution in [0.5, 0.6) is 11.5 Å². The molecule has 1 aromatic heterocycles. The van der Waals surface area contributed by atoms with Crippen LogP contribution in [-0.4, -0.2) is 51.6 Å². The summed E-state index contributed by atoms with van der Waals surface area (Å²) in [6.07, 6.45) is 0.764. The molecule has 0 aliphatic carbocycles. The number of sulfone groups is 1. The van der Waals surface area contributed by atoms with Crippen LogP contribution in [0.15, 0.2) is 27.6 Å². The molecule has 0 saturated carbocycles. The van der Waals surface area contributed by atoms with Gasteiger partial charge in [0.1, 0.15) is 0 Å². The van der Waals surface area contributed by atoms with Crippen molar-refractivity contribution in [3.05, 3.63) is 29.9 Å². The third kappa shape index (κ3) is 4.93. The molecule has 2 rings (SSSR count). The fraction of sp³-hybridized carbons (Fsp3) is 0.500. The van der Waals surface area contributed by atoms with Crippen molar-refractivity contribution >= 4 is 9.84 Å². The van der Waals surface area contributed by atoms with Crippen LogP contribution in [-0.2, 0) is 22.7 Å². The SMILES string of the molecule is CNC(C)Cc1noc(CCS(=O)(=O)c2ccc(OC)c(OC)c2)n1. The molecule has 1 atom stereocenters. The predicted octanol–water partition coefficient (Wildman–Crippen LogP) is 1.25. The second kappa shape index (κ2) is 8.30. The molecular weight excluding hydrogens is 346 g/mol. The standard InChI is InChI=1S/C16H23N3O5S/c1-11(17-2)9-15-18-16(24-19-15)7-8-25(20,21)12-5-6-13(22-3)14(10-12)23-4/h5-6,10-11,17H,7-9H2,1-4H3. The third-order valence-corrected chi connectivity index (χ3v) is 5.50. The van der Waals surface area contributed by atoms with E-state index in [4.69, 9.17) is 14.0 Å². The first-order chi connectivity index (χ1) is 11.9. The first-order valence-electron chi connectivity index (χ1n) is 7.83. The summed E-state index contributed by atoms with van der Waals surface area (Å²) >= 11 is 0. The lowest BCUT2D eigenvalue weighted by Crippen LogP contribution is -2.24. The van der Waals surface area contributed by atoms with Crippen molar-refractivity contribution in [1.29, 1.82) is 0 Å². The van der Waals surface area contributed by atoms with Gasteiger partial charge >= 0.3 is 0 Å². The van der Waals surface area contributed by atoms with Gasteiger partial charge in [-0.2, -0.15) is 4.98 Å². The van der Waals surface area contributed by atoms with Crippen molar-refractivity contribution in [3.8, 4) is 11.5 Å². The average Bonchev–Trinajstić information content (AvgIpc) is 3.06. The molecule has 0 spiro atoms. The van der Waals surface area contributed by atoms with E-state index < -0.39 is 9.84 Å². The Labute approximate surface area is 147 Å². The van der Waals surface area contributed by atoms with E-state index in [-0.39, 0.29) is 23.1 Å². The van der Waals surface area contributed by atoms with Gasteiger partial charge in [0, 0.05) is 24.9 Å². The van der Waals surface area contributed by atoms with Crippen molar-refractivity contribution in [2.75, 3.05) is 27.0 Å². The lowest BCUT2D eigenvalue weighted by Gasteiger charge is -2.09. The number of methoxy groups -OCH3 is 2. The topological polar surface area (TPSA) is 104 Å². The van der Waals surface area contributed by atoms with Crippen molar-refractivity contribution in [2.45, 2.75) is 30.7 Å². The van der Waals surface area contributed by atoms with Crippen LogP contribution in [0.25, 0.3) is 0 Å². The predicted molar refractivity (Wildman–Crippen MR) is 91.8 cm³/mol. The zero-order chi connectivity index (χ0) is 18.4. The van der Waals surface area contributed by atoms with Crippen LogP contribution in [0.4, 0.5) is 0 Å². The molecule has 1 heterocycles. The second-order valence-corrected chi connectivity index (χ2v) is 7.69. The van der Waals surface area contributed by atoms with Crippen molar-refractivity contribution < 1.29 is 22.4 Å². The molecule has 1 unspecified atom stereocenters. The van der Waals surface area contributed by atoms with Gasteiger partial charge in [0.15, 0.2) is 27.2 Å². The van der Waals surface area contributed by atoms with E-state index in [0.29, 0.717) is 29.6 Å². The molecule has 0 amide bonds. The Hall–Kier alpha value is -2.13. The van der Waals surface area contributed by atoms with E-state index in [1.54, 1.807) is 6.07 Å². The number of nitrogens with one attached hydrogen (secondary N) is 1. The summed E-state index contributed by atoms with van der Waals surface area (Å²) < 4.78 is 40.4. The Morgan fingerprint density at radius 2 is 1.96 bits per heavy atom. The minimum absolute atomic E-state index is 0.133. The first-order valence-corrected chi connectivity index (χ1v) is 9.48. The Morgan fingerprint density at radius 1 is 1.24 bits per heavy atom. The number of aromatic nitrogens is 2. The number of aryl methyl sites for hydroxylation is 1. The van der Waals surface area contributed by atoms with E-state index in [2.05, 4.69) is 15.5 Å². The van der Waals surface area contributed by atoms with E-state index in [0.717, 1.165) is 0 Å². The van der Waals surface area contributed by atoms with Gasteiger partial charge in [-0.15, -0.1) is 0 Å². The Balaban J connectivity index is 2.07. The van der Waals surface area contributed by atoms with Crippen molar-refractivity contribution in [2.24, 2.45) is 0 Å². The number of hydrogen-bond donors (Lipinski definition) is 1. The number of ether oxygens (including phenoxy) is 2. The number of nitrogens with zero attached hydrogens (tertiary/aromatic N) is 2. The van der Waals surface area contributed by atoms with Crippen LogP contribution in [0.2, 0.25) is 0 Å². The lowest BCUT2D eigenvalue weighted by atomic mass is 10.2. The molecule has 0 radical (unpaired) electrons. The fourth-order valence-corrected chi connectivity index (χ4v) is 3.44. The molecule has 0 aliphatic heterocycles. The van der Waals surface area contributed by atoms with Crippen LogP contribution in [0.1, 0.15) is 18.6 Å². The number of benzene rings is 1. The zero-order valence-corrected chi connectivity index (χ0v) is 15.6. The highest BCUT2D eigenvalue weighted by atomic mass is 32.2. The monoisotopic (exact) mass is 369 g/mol. The zero-order valence-electron chi connectivity index (χ0n) is 14.8. The Bertz CT molecular complexity index is 804. The molecule has 1 N–H and O–H groups in total. The summed E-state index contributed by atoms with van der Waals surface area (Å²) in [6, 6.07) is 4.71. The molecule has 25 heavy (non-hydrogen) atoms. The van der Waals surface area contributed by atoms with Gasteiger partial charge in [0.05, 0.1) is 24.9 Å². The Morgan fingerprint density at radius 3 is 2.60 bits per heavy atom. The van der Waals surface area contributed by atoms with Crippen LogP contribution >= 0.6 is 0 Å². The minimum Gasteiger partial charge on any atom is -0.493 e. The summed E-state index contributed by atoms with van der Waals surface area (Å²) in [5, 5.41) is 6.95. The highest BCUT2D eigenvalue weighted by Crippen LogP contribution is 2.29. The maximum Gasteiger partial charge on any atom is 0.227 e. The number of rotatable bonds is 9. The minimum atomic E-state index is -3.51. The third-order valence-electron chi connectivity index (χ3n) is 3.79. The summed E-state index contributed by atoms with van der Waals surface area (Å²) in [5.74, 6) is 1.57. The summed E-state index contributed by atoms with van der Waals surface area (Å²) in [4.78, 5) is 4.39. The first kappa shape index (κ1) is 19.2. The molecule has 0 saturated heterocycles. The normalized spacial score (nSPS) is 12.8. The molecule has 0 bridgehead atoms. The molecule has 0 fully saturated rings. The van der Waals surface area contributed by atoms with Gasteiger partial charge in [0.25, 0.3) is 0 Å². The van der Waals surface area contributed by atoms with Crippen LogP contribution < -0.4 is 14.8 Å². The quantitative estimate of drug-likeness (QED) is 0.704. The second-order valence-electron chi connectivity index (χ2n) is 5.58. The molecule has 0 aliphatic rings. The van der Waals surface area contributed by atoms with E-state index >= 15 is 0 Å². The van der Waals surface area contributed by atoms with Gasteiger partial charge < -0.3 is 19.3 Å². The van der Waals surface area contributed by atoms with Crippen molar-refractivity contribution in [1.82, 2.24) is 15.5 Å². The van der Waals surface area contributed by atoms with Gasteiger partial charge in [0.2, 0.25) is 5.89 Å². The highest BCUT2D eigenvalue weighted by molar-refractivity contribution is 7.91. The lowest BCUT2D eigenvalue weighted by molar-refractivity contribution is 0.354. The molecule has 1 aromatic carbocycles. The maximum absolute atomic E-state index is 12.5. The molecule has 8 nitrogen and oxygen atoms in total. The molecule has 138 valence electrons. The summed E-state index contributed by atoms with van der Waals surface area (Å²) in [5.41, 5.74) is 0. The molecule has 2 aromatic rings. The smallest absolute Gasteiger partial charge is 0.227 e. The van der Waals surface area contributed by atoms with Crippen LogP contribution in [0.3, 0.4) is 0 Å². The van der Waals surface area contributed by atoms with E-state index in [1.165, 1.54) is 26.4 Å². The van der Waals surface area contributed by atoms with E-state index in [9.17, 15) is 8.42 Å². The van der Waals surface area contributed by atoms with E-state index in [1.807, 2.05) is 14.0 Å². The molecular formula is C16H23N3O5S. The molecule has 9 heteroatoms. The average molecular weight is 369 g/mol. The van der Waals surface area contributed by atoms with Gasteiger partial charge in [-0.1, -0.05) is 5.16 Å². The van der Waals surface area contributed by atoms with Gasteiger partial charge in [-0.25, -0.2) is 8.42 Å². The van der Waals surface area contributed by atoms with Crippen molar-refractivity contribution in [3.63, 3.8) is 0 Å². The largest absolute Gasteiger partial charge is 0.493 e. The highest BCUT2D eigenvalue weighted by Gasteiger charge is 2.19. The summed E-state index contributed by atoms with van der Waals surface area (Å²) in [6.45, 7) is 2.00. The maximum atomic E-state index is 12.5. The van der Waals surface area contributed by atoms with Crippen LogP contribution in [0, 0.1) is 0 Å². The van der Waals surface area contributed by atoms with Gasteiger partial charge in [-0.05, 0) is 26.1 Å². The summed E-state index contributed by atoms with van der Waals surface area (Å²) in [7, 11) is 1.29. The number of hydrogen-bond acceptors (Lipinski definition) is 8. The number of likely N-dealkylation sites (N-methyl/N-ethyl adjacent to an activating group) is 1.